The quantitative estimate of drug-likeness (QED) is 0.732. The largest absolute Gasteiger partial charge is 0.454 e. The molecule has 0 spiro atoms. The first-order chi connectivity index (χ1) is 8.63. The highest BCUT2D eigenvalue weighted by molar-refractivity contribution is 6.31. The molecule has 0 unspecified atom stereocenters. The second-order valence-electron chi connectivity index (χ2n) is 3.72. The molecule has 0 saturated carbocycles. The van der Waals surface area contributed by atoms with Crippen molar-refractivity contribution in [2.45, 2.75) is 0 Å². The van der Waals surface area contributed by atoms with Crippen molar-refractivity contribution in [3.63, 3.8) is 0 Å². The van der Waals surface area contributed by atoms with Crippen LogP contribution in [0.2, 0.25) is 5.02 Å². The van der Waals surface area contributed by atoms with Gasteiger partial charge >= 0.3 is 0 Å². The first-order valence-corrected chi connectivity index (χ1v) is 5.49. The molecule has 0 aliphatic rings. The Morgan fingerprint density at radius 1 is 1.28 bits per heavy atom. The van der Waals surface area contributed by atoms with Gasteiger partial charge in [-0.1, -0.05) is 11.6 Å². The lowest BCUT2D eigenvalue weighted by Crippen LogP contribution is -1.98. The minimum absolute atomic E-state index is 0.00936. The van der Waals surface area contributed by atoms with Gasteiger partial charge in [-0.2, -0.15) is 0 Å². The predicted octanol–water partition coefficient (Wildman–Crippen LogP) is 3.26. The van der Waals surface area contributed by atoms with Gasteiger partial charge in [0.25, 0.3) is 0 Å². The number of hydrogen-bond donors (Lipinski definition) is 1. The van der Waals surface area contributed by atoms with Gasteiger partial charge < -0.3 is 10.2 Å². The molecule has 0 atom stereocenters. The maximum atomic E-state index is 13.6. The van der Waals surface area contributed by atoms with Crippen LogP contribution in [0.5, 0.6) is 0 Å². The lowest BCUT2D eigenvalue weighted by molar-refractivity contribution is 0.590. The van der Waals surface area contributed by atoms with E-state index in [1.54, 1.807) is 24.3 Å². The van der Waals surface area contributed by atoms with E-state index in [0.29, 0.717) is 16.4 Å². The number of aromatic nitrogens is 2. The van der Waals surface area contributed by atoms with Crippen LogP contribution in [0.4, 0.5) is 10.3 Å². The Bertz CT molecular complexity index is 741. The molecule has 3 rings (SSSR count). The lowest BCUT2D eigenvalue weighted by atomic mass is 10.2. The smallest absolute Gasteiger partial charge is 0.220 e. The van der Waals surface area contributed by atoms with Gasteiger partial charge in [-0.15, -0.1) is 0 Å². The van der Waals surface area contributed by atoms with Crippen molar-refractivity contribution in [3.8, 4) is 11.5 Å². The number of rotatable bonds is 1. The molecule has 18 heavy (non-hydrogen) atoms. The summed E-state index contributed by atoms with van der Waals surface area (Å²) in [6.45, 7) is 0. The summed E-state index contributed by atoms with van der Waals surface area (Å²) in [5.74, 6) is -0.307. The van der Waals surface area contributed by atoms with Crippen LogP contribution < -0.4 is 5.73 Å². The molecule has 0 saturated heterocycles. The van der Waals surface area contributed by atoms with Crippen LogP contribution in [0.1, 0.15) is 0 Å². The predicted molar refractivity (Wildman–Crippen MR) is 66.6 cm³/mol. The first kappa shape index (κ1) is 11.0. The lowest BCUT2D eigenvalue weighted by Gasteiger charge is -1.98. The van der Waals surface area contributed by atoms with Crippen molar-refractivity contribution in [2.75, 3.05) is 5.73 Å². The van der Waals surface area contributed by atoms with E-state index in [-0.39, 0.29) is 11.6 Å². The summed E-state index contributed by atoms with van der Waals surface area (Å²) in [6.07, 6.45) is 1.01. The SMILES string of the molecule is Nc1ncc(F)c(-c2cc3cc(Cl)ccc3o2)n1. The topological polar surface area (TPSA) is 64.9 Å². The Balaban J connectivity index is 2.22. The molecular formula is C12H7ClFN3O. The highest BCUT2D eigenvalue weighted by Gasteiger charge is 2.13. The number of furan rings is 1. The van der Waals surface area contributed by atoms with E-state index < -0.39 is 5.82 Å². The molecule has 2 aromatic heterocycles. The second kappa shape index (κ2) is 3.96. The second-order valence-corrected chi connectivity index (χ2v) is 4.15. The number of hydrogen-bond acceptors (Lipinski definition) is 4. The van der Waals surface area contributed by atoms with Crippen molar-refractivity contribution >= 4 is 28.5 Å². The monoisotopic (exact) mass is 263 g/mol. The van der Waals surface area contributed by atoms with Crippen LogP contribution in [-0.4, -0.2) is 9.97 Å². The Labute approximate surface area is 106 Å². The van der Waals surface area contributed by atoms with Gasteiger partial charge in [0, 0.05) is 10.4 Å². The molecule has 90 valence electrons. The van der Waals surface area contributed by atoms with Crippen LogP contribution in [0, 0.1) is 5.82 Å². The van der Waals surface area contributed by atoms with E-state index in [1.807, 2.05) is 0 Å². The van der Waals surface area contributed by atoms with Crippen molar-refractivity contribution in [2.24, 2.45) is 0 Å². The first-order valence-electron chi connectivity index (χ1n) is 5.11. The highest BCUT2D eigenvalue weighted by Crippen LogP contribution is 2.29. The van der Waals surface area contributed by atoms with Gasteiger partial charge in [0.15, 0.2) is 11.6 Å². The molecule has 2 N–H and O–H groups in total. The third-order valence-electron chi connectivity index (χ3n) is 2.47. The van der Waals surface area contributed by atoms with E-state index in [4.69, 9.17) is 21.8 Å². The Hall–Kier alpha value is -2.14. The zero-order valence-electron chi connectivity index (χ0n) is 9.02. The Morgan fingerprint density at radius 3 is 2.94 bits per heavy atom. The maximum absolute atomic E-state index is 13.6. The molecular weight excluding hydrogens is 257 g/mol. The Morgan fingerprint density at radius 2 is 2.11 bits per heavy atom. The fraction of sp³-hybridized carbons (Fsp3) is 0. The molecule has 0 amide bonds. The average molecular weight is 264 g/mol. The molecule has 0 fully saturated rings. The molecule has 4 nitrogen and oxygen atoms in total. The summed E-state index contributed by atoms with van der Waals surface area (Å²) in [7, 11) is 0. The zero-order valence-corrected chi connectivity index (χ0v) is 9.78. The third-order valence-corrected chi connectivity index (χ3v) is 2.71. The molecule has 3 aromatic rings. The van der Waals surface area contributed by atoms with Crippen molar-refractivity contribution in [1.29, 1.82) is 0 Å². The van der Waals surface area contributed by atoms with Crippen LogP contribution in [-0.2, 0) is 0 Å². The van der Waals surface area contributed by atoms with Gasteiger partial charge in [-0.05, 0) is 24.3 Å². The highest BCUT2D eigenvalue weighted by atomic mass is 35.5. The number of fused-ring (bicyclic) bond motifs is 1. The maximum Gasteiger partial charge on any atom is 0.220 e. The van der Waals surface area contributed by atoms with Crippen LogP contribution in [0.3, 0.4) is 0 Å². The molecule has 0 radical (unpaired) electrons. The molecule has 0 aliphatic carbocycles. The van der Waals surface area contributed by atoms with Gasteiger partial charge in [0.05, 0.1) is 6.20 Å². The number of nitrogens with zero attached hydrogens (tertiary/aromatic N) is 2. The number of benzene rings is 1. The summed E-state index contributed by atoms with van der Waals surface area (Å²) in [5.41, 5.74) is 6.07. The summed E-state index contributed by atoms with van der Waals surface area (Å²) < 4.78 is 19.1. The standard InChI is InChI=1S/C12H7ClFN3O/c13-7-1-2-9-6(3-7)4-10(18-9)11-8(14)5-16-12(15)17-11/h1-5H,(H2,15,16,17). The van der Waals surface area contributed by atoms with Crippen LogP contribution >= 0.6 is 11.6 Å². The molecule has 1 aromatic carbocycles. The molecule has 0 bridgehead atoms. The fourth-order valence-corrected chi connectivity index (χ4v) is 1.87. The van der Waals surface area contributed by atoms with Gasteiger partial charge in [0.1, 0.15) is 11.3 Å². The minimum atomic E-state index is -0.589. The molecule has 6 heteroatoms. The normalized spacial score (nSPS) is 11.0. The number of nitrogen functional groups attached to an aromatic ring is 1. The van der Waals surface area contributed by atoms with Crippen LogP contribution in [0.15, 0.2) is 34.9 Å². The number of nitrogens with two attached hydrogens (primary N) is 1. The van der Waals surface area contributed by atoms with E-state index in [9.17, 15) is 4.39 Å². The van der Waals surface area contributed by atoms with Crippen LogP contribution in [0.25, 0.3) is 22.4 Å². The van der Waals surface area contributed by atoms with Crippen molar-refractivity contribution in [3.05, 3.63) is 41.3 Å². The number of halogens is 2. The molecule has 0 aliphatic heterocycles. The van der Waals surface area contributed by atoms with Gasteiger partial charge in [0.2, 0.25) is 5.95 Å². The Kier molecular flexibility index (Phi) is 2.41. The van der Waals surface area contributed by atoms with Gasteiger partial charge in [-0.25, -0.2) is 14.4 Å². The third kappa shape index (κ3) is 1.78. The summed E-state index contributed by atoms with van der Waals surface area (Å²) in [6, 6.07) is 6.80. The summed E-state index contributed by atoms with van der Waals surface area (Å²) in [5, 5.41) is 1.35. The van der Waals surface area contributed by atoms with Crippen molar-refractivity contribution < 1.29 is 8.81 Å². The summed E-state index contributed by atoms with van der Waals surface area (Å²) in [4.78, 5) is 7.39. The zero-order chi connectivity index (χ0) is 12.7. The number of anilines is 1. The van der Waals surface area contributed by atoms with E-state index in [1.165, 1.54) is 0 Å². The summed E-state index contributed by atoms with van der Waals surface area (Å²) >= 11 is 5.87. The van der Waals surface area contributed by atoms with Gasteiger partial charge in [-0.3, -0.25) is 0 Å². The average Bonchev–Trinajstić information content (AvgIpc) is 2.74. The van der Waals surface area contributed by atoms with E-state index in [2.05, 4.69) is 9.97 Å². The van der Waals surface area contributed by atoms with E-state index >= 15 is 0 Å². The molecule has 2 heterocycles. The fourth-order valence-electron chi connectivity index (χ4n) is 1.68. The van der Waals surface area contributed by atoms with Crippen molar-refractivity contribution in [1.82, 2.24) is 9.97 Å². The van der Waals surface area contributed by atoms with E-state index in [0.717, 1.165) is 11.6 Å². The minimum Gasteiger partial charge on any atom is -0.454 e.